The monoisotopic (exact) mass is 274 g/mol. The number of para-hydroxylation sites is 1. The van der Waals surface area contributed by atoms with Crippen molar-refractivity contribution in [3.63, 3.8) is 0 Å². The Morgan fingerprint density at radius 3 is 2.61 bits per heavy atom. The largest absolute Gasteiger partial charge is 0.392 e. The third-order valence-corrected chi connectivity index (χ3v) is 3.80. The highest BCUT2D eigenvalue weighted by Crippen LogP contribution is 2.33. The Kier molecular flexibility index (Phi) is 3.87. The van der Waals surface area contributed by atoms with Crippen molar-refractivity contribution < 1.29 is 13.2 Å². The zero-order chi connectivity index (χ0) is 13.2. The quantitative estimate of drug-likeness (QED) is 0.928. The summed E-state index contributed by atoms with van der Waals surface area (Å²) in [4.78, 5) is 4.23. The van der Waals surface area contributed by atoms with Crippen LogP contribution in [0.15, 0.2) is 24.3 Å². The molecule has 0 aliphatic rings. The number of thiazole rings is 1. The van der Waals surface area contributed by atoms with E-state index in [2.05, 4.69) is 4.98 Å². The van der Waals surface area contributed by atoms with E-state index in [1.807, 2.05) is 18.2 Å². The molecule has 2 N–H and O–H groups in total. The van der Waals surface area contributed by atoms with Crippen molar-refractivity contribution in [1.29, 1.82) is 0 Å². The zero-order valence-electron chi connectivity index (χ0n) is 9.57. The summed E-state index contributed by atoms with van der Waals surface area (Å²) in [5, 5.41) is 0.520. The van der Waals surface area contributed by atoms with Gasteiger partial charge in [-0.1, -0.05) is 12.1 Å². The number of rotatable bonds is 4. The Labute approximate surface area is 107 Å². The van der Waals surface area contributed by atoms with Gasteiger partial charge in [0, 0.05) is 6.42 Å². The standard InChI is InChI=1S/C12H13F3N2S/c13-12(14,15)8(5-6-16)7-11-17-9-3-1-2-4-10(9)18-11/h1-4,8H,5-7,16H2/t8-/m1/s1. The molecule has 98 valence electrons. The van der Waals surface area contributed by atoms with Gasteiger partial charge >= 0.3 is 6.18 Å². The van der Waals surface area contributed by atoms with Crippen molar-refractivity contribution in [2.45, 2.75) is 19.0 Å². The van der Waals surface area contributed by atoms with Crippen LogP contribution in [0.25, 0.3) is 10.2 Å². The van der Waals surface area contributed by atoms with Gasteiger partial charge in [-0.05, 0) is 25.1 Å². The molecule has 6 heteroatoms. The summed E-state index contributed by atoms with van der Waals surface area (Å²) in [6.45, 7) is 0.0368. The van der Waals surface area contributed by atoms with Gasteiger partial charge in [-0.2, -0.15) is 13.2 Å². The average molecular weight is 274 g/mol. The van der Waals surface area contributed by atoms with Gasteiger partial charge in [-0.25, -0.2) is 4.98 Å². The van der Waals surface area contributed by atoms with E-state index < -0.39 is 12.1 Å². The van der Waals surface area contributed by atoms with Crippen molar-refractivity contribution in [3.05, 3.63) is 29.3 Å². The van der Waals surface area contributed by atoms with Crippen LogP contribution < -0.4 is 5.73 Å². The fourth-order valence-electron chi connectivity index (χ4n) is 1.80. The Bertz CT molecular complexity index is 488. The molecule has 1 aromatic heterocycles. The summed E-state index contributed by atoms with van der Waals surface area (Å²) < 4.78 is 39.2. The summed E-state index contributed by atoms with van der Waals surface area (Å²) in [7, 11) is 0. The molecule has 1 heterocycles. The molecule has 18 heavy (non-hydrogen) atoms. The van der Waals surface area contributed by atoms with Crippen LogP contribution in [0.2, 0.25) is 0 Å². The predicted octanol–water partition coefficient (Wildman–Crippen LogP) is 3.37. The molecule has 2 aromatic rings. The molecule has 0 unspecified atom stereocenters. The summed E-state index contributed by atoms with van der Waals surface area (Å²) in [6, 6.07) is 7.35. The number of aromatic nitrogens is 1. The Hall–Kier alpha value is -1.14. The maximum Gasteiger partial charge on any atom is 0.392 e. The second kappa shape index (κ2) is 5.24. The maximum absolute atomic E-state index is 12.8. The van der Waals surface area contributed by atoms with Crippen LogP contribution in [-0.4, -0.2) is 17.7 Å². The molecule has 0 saturated heterocycles. The zero-order valence-corrected chi connectivity index (χ0v) is 10.4. The fourth-order valence-corrected chi connectivity index (χ4v) is 2.85. The van der Waals surface area contributed by atoms with Crippen LogP contribution in [0.1, 0.15) is 11.4 Å². The van der Waals surface area contributed by atoms with Crippen LogP contribution in [0.3, 0.4) is 0 Å². The van der Waals surface area contributed by atoms with Crippen molar-refractivity contribution in [2.75, 3.05) is 6.54 Å². The van der Waals surface area contributed by atoms with Crippen molar-refractivity contribution in [2.24, 2.45) is 11.7 Å². The van der Waals surface area contributed by atoms with Gasteiger partial charge in [0.2, 0.25) is 0 Å². The van der Waals surface area contributed by atoms with Gasteiger partial charge in [0.25, 0.3) is 0 Å². The van der Waals surface area contributed by atoms with Crippen LogP contribution in [-0.2, 0) is 6.42 Å². The minimum atomic E-state index is -4.21. The molecule has 2 rings (SSSR count). The number of hydrogen-bond acceptors (Lipinski definition) is 3. The minimum absolute atomic E-state index is 0.0368. The van der Waals surface area contributed by atoms with Gasteiger partial charge in [-0.15, -0.1) is 11.3 Å². The van der Waals surface area contributed by atoms with E-state index >= 15 is 0 Å². The number of hydrogen-bond donors (Lipinski definition) is 1. The molecule has 0 aliphatic heterocycles. The molecular weight excluding hydrogens is 261 g/mol. The van der Waals surface area contributed by atoms with Gasteiger partial charge in [0.1, 0.15) is 0 Å². The highest BCUT2D eigenvalue weighted by Gasteiger charge is 2.39. The van der Waals surface area contributed by atoms with E-state index in [4.69, 9.17) is 5.73 Å². The molecule has 0 spiro atoms. The third-order valence-electron chi connectivity index (χ3n) is 2.74. The van der Waals surface area contributed by atoms with Gasteiger partial charge in [-0.3, -0.25) is 0 Å². The van der Waals surface area contributed by atoms with Crippen LogP contribution >= 0.6 is 11.3 Å². The van der Waals surface area contributed by atoms with Gasteiger partial charge in [0.05, 0.1) is 21.1 Å². The molecule has 0 saturated carbocycles. The molecule has 0 radical (unpaired) electrons. The maximum atomic E-state index is 12.8. The molecule has 1 atom stereocenters. The SMILES string of the molecule is NCC[C@H](Cc1nc2ccccc2s1)C(F)(F)F. The summed E-state index contributed by atoms with van der Waals surface area (Å²) in [5.41, 5.74) is 5.99. The van der Waals surface area contributed by atoms with E-state index in [1.54, 1.807) is 6.07 Å². The second-order valence-electron chi connectivity index (χ2n) is 4.10. The lowest BCUT2D eigenvalue weighted by atomic mass is 10.0. The summed E-state index contributed by atoms with van der Waals surface area (Å²) >= 11 is 1.32. The first kappa shape index (κ1) is 13.3. The van der Waals surface area contributed by atoms with Crippen molar-refractivity contribution >= 4 is 21.6 Å². The Morgan fingerprint density at radius 2 is 2.00 bits per heavy atom. The summed E-state index contributed by atoms with van der Waals surface area (Å²) in [6.07, 6.45) is -4.35. The predicted molar refractivity (Wildman–Crippen MR) is 66.5 cm³/mol. The normalized spacial score (nSPS) is 14.0. The topological polar surface area (TPSA) is 38.9 Å². The summed E-state index contributed by atoms with van der Waals surface area (Å²) in [5.74, 6) is -1.40. The average Bonchev–Trinajstić information content (AvgIpc) is 2.69. The number of alkyl halides is 3. The van der Waals surface area contributed by atoms with Gasteiger partial charge in [0.15, 0.2) is 0 Å². The Balaban J connectivity index is 2.20. The van der Waals surface area contributed by atoms with E-state index in [1.165, 1.54) is 11.3 Å². The van der Waals surface area contributed by atoms with E-state index in [-0.39, 0.29) is 19.4 Å². The number of nitrogens with two attached hydrogens (primary N) is 1. The van der Waals surface area contributed by atoms with Crippen molar-refractivity contribution in [1.82, 2.24) is 4.98 Å². The van der Waals surface area contributed by atoms with Crippen LogP contribution in [0, 0.1) is 5.92 Å². The molecule has 0 amide bonds. The minimum Gasteiger partial charge on any atom is -0.330 e. The van der Waals surface area contributed by atoms with Crippen molar-refractivity contribution in [3.8, 4) is 0 Å². The first-order valence-corrected chi connectivity index (χ1v) is 6.43. The number of halogens is 3. The molecule has 2 nitrogen and oxygen atoms in total. The number of nitrogens with zero attached hydrogens (tertiary/aromatic N) is 1. The molecule has 0 aliphatic carbocycles. The smallest absolute Gasteiger partial charge is 0.330 e. The van der Waals surface area contributed by atoms with Gasteiger partial charge < -0.3 is 5.73 Å². The van der Waals surface area contributed by atoms with E-state index in [0.717, 1.165) is 10.2 Å². The molecule has 1 aromatic carbocycles. The lowest BCUT2D eigenvalue weighted by Crippen LogP contribution is -2.27. The number of fused-ring (bicyclic) bond motifs is 1. The van der Waals surface area contributed by atoms with E-state index in [0.29, 0.717) is 5.01 Å². The molecule has 0 bridgehead atoms. The lowest BCUT2D eigenvalue weighted by Gasteiger charge is -2.18. The van der Waals surface area contributed by atoms with Crippen LogP contribution in [0.5, 0.6) is 0 Å². The highest BCUT2D eigenvalue weighted by molar-refractivity contribution is 7.18. The fraction of sp³-hybridized carbons (Fsp3) is 0.417. The number of benzene rings is 1. The first-order valence-electron chi connectivity index (χ1n) is 5.62. The molecular formula is C12H13F3N2S. The highest BCUT2D eigenvalue weighted by atomic mass is 32.1. The second-order valence-corrected chi connectivity index (χ2v) is 5.21. The van der Waals surface area contributed by atoms with E-state index in [9.17, 15) is 13.2 Å². The first-order chi connectivity index (χ1) is 8.50. The Morgan fingerprint density at radius 1 is 1.28 bits per heavy atom. The molecule has 0 fully saturated rings. The lowest BCUT2D eigenvalue weighted by molar-refractivity contribution is -0.175. The van der Waals surface area contributed by atoms with Crippen LogP contribution in [0.4, 0.5) is 13.2 Å². The third kappa shape index (κ3) is 3.00.